The Morgan fingerprint density at radius 2 is 1.89 bits per heavy atom. The van der Waals surface area contributed by atoms with Crippen molar-refractivity contribution < 1.29 is 24.1 Å². The van der Waals surface area contributed by atoms with Gasteiger partial charge in [0.1, 0.15) is 6.23 Å². The van der Waals surface area contributed by atoms with Crippen LogP contribution in [0.1, 0.15) is 11.1 Å². The second-order valence-corrected chi connectivity index (χ2v) is 6.15. The summed E-state index contributed by atoms with van der Waals surface area (Å²) in [5.41, 5.74) is 1.49. The molecule has 0 spiro atoms. The third-order valence-electron chi connectivity index (χ3n) is 2.77. The number of rotatable bonds is 4. The predicted octanol–water partition coefficient (Wildman–Crippen LogP) is 0.618. The molecule has 5 N–H and O–H groups in total. The third kappa shape index (κ3) is 3.66. The van der Waals surface area contributed by atoms with Crippen molar-refractivity contribution in [2.75, 3.05) is 6.54 Å². The van der Waals surface area contributed by atoms with Gasteiger partial charge in [0.2, 0.25) is 0 Å². The number of nitrogens with one attached hydrogen (secondary N) is 1. The average Bonchev–Trinajstić information content (AvgIpc) is 2.54. The van der Waals surface area contributed by atoms with Crippen LogP contribution in [-0.2, 0) is 17.8 Å². The molecule has 1 unspecified atom stereocenters. The van der Waals surface area contributed by atoms with Gasteiger partial charge in [-0.1, -0.05) is 35.2 Å². The van der Waals surface area contributed by atoms with Crippen molar-refractivity contribution in [2.24, 2.45) is 0 Å². The van der Waals surface area contributed by atoms with Gasteiger partial charge in [-0.2, -0.15) is 9.03 Å². The molecule has 1 aromatic carbocycles. The summed E-state index contributed by atoms with van der Waals surface area (Å²) in [5.74, 6) is -0.895. The summed E-state index contributed by atoms with van der Waals surface area (Å²) in [5, 5.41) is 18.0. The Bertz CT molecular complexity index is 465. The number of nitrogens with zero attached hydrogens (tertiary/aromatic N) is 1. The van der Waals surface area contributed by atoms with E-state index in [1.54, 1.807) is 24.3 Å². The van der Waals surface area contributed by atoms with Crippen LogP contribution in [-0.4, -0.2) is 42.4 Å². The number of β-amino-alcohol motifs (C(OH)–C–C–N with tert-alkyl or cyclic N) is 1. The molecule has 1 fully saturated rings. The maximum atomic E-state index is 10.5. The van der Waals surface area contributed by atoms with Crippen LogP contribution in [0.3, 0.4) is 0 Å². The van der Waals surface area contributed by atoms with E-state index in [1.165, 1.54) is 4.31 Å². The van der Waals surface area contributed by atoms with Crippen molar-refractivity contribution in [1.29, 1.82) is 0 Å². The van der Waals surface area contributed by atoms with Crippen molar-refractivity contribution in [1.82, 2.24) is 9.03 Å². The number of hydrogen-bond acceptors (Lipinski definition) is 6. The number of hydrogen-bond donors (Lipinski definition) is 5. The zero-order valence-corrected chi connectivity index (χ0v) is 10.9. The second kappa shape index (κ2) is 5.45. The molecule has 0 aliphatic carbocycles. The monoisotopic (exact) mass is 288 g/mol. The van der Waals surface area contributed by atoms with Crippen molar-refractivity contribution in [3.05, 3.63) is 35.4 Å². The number of aliphatic carboxylic acids is 1. The summed E-state index contributed by atoms with van der Waals surface area (Å²) in [6, 6.07) is 6.85. The van der Waals surface area contributed by atoms with Gasteiger partial charge < -0.3 is 10.2 Å². The molecule has 7 nitrogen and oxygen atoms in total. The lowest BCUT2D eigenvalue weighted by molar-refractivity contribution is -0.136. The minimum absolute atomic E-state index is 0.0422. The lowest BCUT2D eigenvalue weighted by Gasteiger charge is -2.35. The fourth-order valence-corrected chi connectivity index (χ4v) is 3.15. The van der Waals surface area contributed by atoms with Crippen molar-refractivity contribution in [3.63, 3.8) is 0 Å². The molecule has 0 aromatic heterocycles. The Kier molecular flexibility index (Phi) is 4.09. The van der Waals surface area contributed by atoms with Gasteiger partial charge >= 0.3 is 5.97 Å². The Balaban J connectivity index is 2.02. The highest BCUT2D eigenvalue weighted by molar-refractivity contribution is 8.20. The molecule has 1 atom stereocenters. The second-order valence-electron chi connectivity index (χ2n) is 4.36. The van der Waals surface area contributed by atoms with Gasteiger partial charge in [-0.3, -0.25) is 13.9 Å². The molecular weight excluding hydrogens is 272 g/mol. The third-order valence-corrected chi connectivity index (χ3v) is 4.35. The largest absolute Gasteiger partial charge is 0.481 e. The van der Waals surface area contributed by atoms with Gasteiger partial charge in [-0.15, -0.1) is 0 Å². The molecule has 0 amide bonds. The quantitative estimate of drug-likeness (QED) is 0.552. The first-order chi connectivity index (χ1) is 8.87. The van der Waals surface area contributed by atoms with Gasteiger partial charge in [0.05, 0.1) is 13.0 Å². The maximum absolute atomic E-state index is 10.5. The minimum atomic E-state index is -3.12. The van der Waals surface area contributed by atoms with E-state index in [1.807, 2.05) is 0 Å². The maximum Gasteiger partial charge on any atom is 0.307 e. The Morgan fingerprint density at radius 3 is 2.37 bits per heavy atom. The molecule has 106 valence electrons. The summed E-state index contributed by atoms with van der Waals surface area (Å²) in [4.78, 5) is 10.5. The smallest absolute Gasteiger partial charge is 0.307 e. The summed E-state index contributed by atoms with van der Waals surface area (Å²) in [6.45, 7) is 0.388. The van der Waals surface area contributed by atoms with E-state index in [0.29, 0.717) is 5.56 Å². The average molecular weight is 288 g/mol. The van der Waals surface area contributed by atoms with Gasteiger partial charge in [-0.05, 0) is 11.1 Å². The van der Waals surface area contributed by atoms with Crippen LogP contribution in [0.15, 0.2) is 24.3 Å². The molecule has 1 aliphatic rings. The van der Waals surface area contributed by atoms with E-state index < -0.39 is 23.2 Å². The number of carbonyl (C=O) groups is 1. The summed E-state index contributed by atoms with van der Waals surface area (Å²) in [6.07, 6.45) is -1.00. The molecule has 1 aromatic rings. The summed E-state index contributed by atoms with van der Waals surface area (Å²) >= 11 is 0. The normalized spacial score (nSPS) is 24.3. The van der Waals surface area contributed by atoms with E-state index >= 15 is 0 Å². The molecule has 0 bridgehead atoms. The Hall–Kier alpha value is -1.16. The Morgan fingerprint density at radius 1 is 1.32 bits per heavy atom. The van der Waals surface area contributed by atoms with E-state index in [2.05, 4.69) is 4.72 Å². The highest BCUT2D eigenvalue weighted by Crippen LogP contribution is 2.44. The molecule has 0 saturated carbocycles. The zero-order valence-electron chi connectivity index (χ0n) is 10.1. The predicted molar refractivity (Wildman–Crippen MR) is 70.2 cm³/mol. The summed E-state index contributed by atoms with van der Waals surface area (Å²) < 4.78 is 23.0. The summed E-state index contributed by atoms with van der Waals surface area (Å²) in [7, 11) is -3.12. The molecule has 8 heteroatoms. The first-order valence-electron chi connectivity index (χ1n) is 5.65. The first-order valence-corrected chi connectivity index (χ1v) is 7.15. The van der Waals surface area contributed by atoms with Crippen LogP contribution in [0.5, 0.6) is 0 Å². The van der Waals surface area contributed by atoms with Gasteiger partial charge in [0, 0.05) is 6.54 Å². The lowest BCUT2D eigenvalue weighted by Crippen LogP contribution is -2.25. The standard InChI is InChI=1S/C11H16N2O5S/c14-10-7-13(19(17,18)12-10)6-9-3-1-8(2-4-9)5-11(15)16/h1-4,10,12,14,17-18H,5-7H2,(H,15,16). The zero-order chi connectivity index (χ0) is 14.0. The molecular formula is C11H16N2O5S. The molecule has 1 aliphatic heterocycles. The molecule has 0 radical (unpaired) electrons. The molecule has 2 rings (SSSR count). The van der Waals surface area contributed by atoms with Crippen LogP contribution in [0, 0.1) is 0 Å². The fraction of sp³-hybridized carbons (Fsp3) is 0.364. The van der Waals surface area contributed by atoms with E-state index in [0.717, 1.165) is 5.56 Å². The highest BCUT2D eigenvalue weighted by Gasteiger charge is 2.34. The number of aliphatic hydroxyl groups excluding tert-OH is 1. The van der Waals surface area contributed by atoms with Crippen LogP contribution < -0.4 is 4.72 Å². The number of aliphatic hydroxyl groups is 1. The topological polar surface area (TPSA) is 113 Å². The number of carboxylic acids is 1. The van der Waals surface area contributed by atoms with Crippen LogP contribution in [0.4, 0.5) is 0 Å². The minimum Gasteiger partial charge on any atom is -0.481 e. The number of benzene rings is 1. The Labute approximate surface area is 112 Å². The van der Waals surface area contributed by atoms with Crippen LogP contribution in [0.2, 0.25) is 0 Å². The SMILES string of the molecule is O=C(O)Cc1ccc(CN2CC(O)NS2(O)O)cc1. The van der Waals surface area contributed by atoms with Crippen molar-refractivity contribution in [2.45, 2.75) is 19.2 Å². The van der Waals surface area contributed by atoms with Gasteiger partial charge in [0.25, 0.3) is 0 Å². The molecule has 19 heavy (non-hydrogen) atoms. The lowest BCUT2D eigenvalue weighted by atomic mass is 10.1. The van der Waals surface area contributed by atoms with Crippen LogP contribution >= 0.6 is 11.0 Å². The van der Waals surface area contributed by atoms with Gasteiger partial charge in [-0.25, -0.2) is 0 Å². The van der Waals surface area contributed by atoms with Crippen molar-refractivity contribution >= 4 is 16.9 Å². The van der Waals surface area contributed by atoms with E-state index in [-0.39, 0.29) is 19.5 Å². The first kappa shape index (κ1) is 14.3. The molecule has 1 heterocycles. The fourth-order valence-electron chi connectivity index (χ4n) is 1.89. The molecule has 1 saturated heterocycles. The van der Waals surface area contributed by atoms with Gasteiger partial charge in [0.15, 0.2) is 0 Å². The number of carboxylic acid groups (broad SMARTS) is 1. The van der Waals surface area contributed by atoms with E-state index in [9.17, 15) is 19.0 Å². The van der Waals surface area contributed by atoms with Crippen molar-refractivity contribution in [3.8, 4) is 0 Å². The highest BCUT2D eigenvalue weighted by atomic mass is 32.3. The van der Waals surface area contributed by atoms with Crippen LogP contribution in [0.25, 0.3) is 0 Å². The van der Waals surface area contributed by atoms with E-state index in [4.69, 9.17) is 5.11 Å².